The number of aromatic nitrogens is 2. The van der Waals surface area contributed by atoms with E-state index in [1.807, 2.05) is 73.7 Å². The van der Waals surface area contributed by atoms with Crippen molar-refractivity contribution in [2.24, 2.45) is 5.10 Å². The number of benzene rings is 2. The van der Waals surface area contributed by atoms with Crippen LogP contribution in [0.15, 0.2) is 80.9 Å². The van der Waals surface area contributed by atoms with E-state index in [0.29, 0.717) is 22.4 Å². The highest BCUT2D eigenvalue weighted by Gasteiger charge is 2.15. The lowest BCUT2D eigenvalue weighted by Gasteiger charge is -2.02. The molecule has 0 unspecified atom stereocenters. The van der Waals surface area contributed by atoms with Crippen LogP contribution in [0, 0.1) is 0 Å². The summed E-state index contributed by atoms with van der Waals surface area (Å²) in [5, 5.41) is 8.47. The van der Waals surface area contributed by atoms with Gasteiger partial charge in [-0.25, -0.2) is 5.43 Å². The number of hydrogen-bond donors (Lipinski definition) is 1. The second-order valence-corrected chi connectivity index (χ2v) is 7.86. The van der Waals surface area contributed by atoms with Gasteiger partial charge in [-0.3, -0.25) is 9.48 Å². The first kappa shape index (κ1) is 20.2. The fraction of sp³-hybridized carbons (Fsp3) is 0.0952. The van der Waals surface area contributed by atoms with Gasteiger partial charge >= 0.3 is 0 Å². The Balaban J connectivity index is 1.63. The summed E-state index contributed by atoms with van der Waals surface area (Å²) in [6.45, 7) is 2.39. The van der Waals surface area contributed by atoms with Crippen LogP contribution in [0.2, 0.25) is 0 Å². The highest BCUT2D eigenvalue weighted by Crippen LogP contribution is 2.17. The van der Waals surface area contributed by atoms with Crippen molar-refractivity contribution in [1.29, 1.82) is 0 Å². The van der Waals surface area contributed by atoms with Crippen LogP contribution in [-0.4, -0.2) is 21.4 Å². The molecular weight excluding hydrogens is 484 g/mol. The highest BCUT2D eigenvalue weighted by atomic mass is 79.9. The molecule has 28 heavy (non-hydrogen) atoms. The normalized spacial score (nSPS) is 11.8. The van der Waals surface area contributed by atoms with Gasteiger partial charge in [0.1, 0.15) is 0 Å². The summed E-state index contributed by atoms with van der Waals surface area (Å²) in [5.41, 5.74) is 5.68. The van der Waals surface area contributed by atoms with E-state index in [4.69, 9.17) is 0 Å². The average molecular weight is 502 g/mol. The van der Waals surface area contributed by atoms with Crippen LogP contribution in [-0.2, 0) is 6.54 Å². The van der Waals surface area contributed by atoms with Gasteiger partial charge in [0.05, 0.1) is 16.7 Å². The molecule has 0 atom stereocenters. The SMILES string of the molecule is CC(/C=C/c1ccccc1)=N/NC(=O)c1nn(Cc2ccc(Br)cc2)cc1Br. The molecule has 1 heterocycles. The van der Waals surface area contributed by atoms with Crippen LogP contribution in [0.4, 0.5) is 0 Å². The molecule has 142 valence electrons. The number of carbonyl (C=O) groups excluding carboxylic acids is 1. The lowest BCUT2D eigenvalue weighted by Crippen LogP contribution is -2.20. The zero-order chi connectivity index (χ0) is 19.9. The molecule has 2 aromatic carbocycles. The van der Waals surface area contributed by atoms with Crippen LogP contribution in [0.25, 0.3) is 6.08 Å². The van der Waals surface area contributed by atoms with Crippen molar-refractivity contribution in [3.63, 3.8) is 0 Å². The first-order chi connectivity index (χ1) is 13.5. The molecule has 0 bridgehead atoms. The van der Waals surface area contributed by atoms with Crippen molar-refractivity contribution >= 4 is 49.6 Å². The number of carbonyl (C=O) groups is 1. The lowest BCUT2D eigenvalue weighted by molar-refractivity contribution is 0.0948. The molecule has 3 rings (SSSR count). The van der Waals surface area contributed by atoms with Gasteiger partial charge in [0.2, 0.25) is 0 Å². The molecule has 7 heteroatoms. The molecule has 5 nitrogen and oxygen atoms in total. The molecule has 3 aromatic rings. The van der Waals surface area contributed by atoms with Gasteiger partial charge in [0.25, 0.3) is 5.91 Å². The standard InChI is InChI=1S/C21H18Br2N4O/c1-15(7-8-16-5-3-2-4-6-16)24-25-21(28)20-19(23)14-27(26-20)13-17-9-11-18(22)12-10-17/h2-12,14H,13H2,1H3,(H,25,28)/b8-7+,24-15-. The Hall–Kier alpha value is -2.51. The monoisotopic (exact) mass is 500 g/mol. The highest BCUT2D eigenvalue weighted by molar-refractivity contribution is 9.10. The third-order valence-corrected chi connectivity index (χ3v) is 4.95. The maximum atomic E-state index is 12.4. The number of hydrogen-bond acceptors (Lipinski definition) is 3. The number of halogens is 2. The van der Waals surface area contributed by atoms with E-state index in [2.05, 4.69) is 47.5 Å². The number of allylic oxidation sites excluding steroid dienone is 1. The van der Waals surface area contributed by atoms with Crippen molar-refractivity contribution in [1.82, 2.24) is 15.2 Å². The number of nitrogens with one attached hydrogen (secondary N) is 1. The summed E-state index contributed by atoms with van der Waals surface area (Å²) in [6.07, 6.45) is 5.56. The number of nitrogens with zero attached hydrogens (tertiary/aromatic N) is 3. The third kappa shape index (κ3) is 5.74. The Morgan fingerprint density at radius 1 is 1.14 bits per heavy atom. The molecule has 0 fully saturated rings. The van der Waals surface area contributed by atoms with Gasteiger partial charge in [-0.05, 0) is 52.2 Å². The smallest absolute Gasteiger partial charge is 0.266 e. The molecule has 1 aromatic heterocycles. The van der Waals surface area contributed by atoms with Crippen LogP contribution in [0.1, 0.15) is 28.5 Å². The van der Waals surface area contributed by atoms with E-state index in [-0.39, 0.29) is 5.91 Å². The quantitative estimate of drug-likeness (QED) is 0.369. The van der Waals surface area contributed by atoms with Crippen molar-refractivity contribution < 1.29 is 4.79 Å². The molecule has 0 aliphatic carbocycles. The summed E-state index contributed by atoms with van der Waals surface area (Å²) in [6, 6.07) is 17.9. The third-order valence-electron chi connectivity index (χ3n) is 3.84. The average Bonchev–Trinajstić information content (AvgIpc) is 3.07. The molecule has 0 saturated heterocycles. The minimum absolute atomic E-state index is 0.292. The fourth-order valence-corrected chi connectivity index (χ4v) is 3.18. The predicted molar refractivity (Wildman–Crippen MR) is 119 cm³/mol. The minimum Gasteiger partial charge on any atom is -0.266 e. The van der Waals surface area contributed by atoms with E-state index >= 15 is 0 Å². The van der Waals surface area contributed by atoms with Crippen molar-refractivity contribution in [2.45, 2.75) is 13.5 Å². The second kappa shape index (κ2) is 9.61. The first-order valence-electron chi connectivity index (χ1n) is 8.56. The van der Waals surface area contributed by atoms with Crippen molar-refractivity contribution in [2.75, 3.05) is 0 Å². The fourth-order valence-electron chi connectivity index (χ4n) is 2.42. The van der Waals surface area contributed by atoms with Gasteiger partial charge in [-0.15, -0.1) is 0 Å². The summed E-state index contributed by atoms with van der Waals surface area (Å²) in [7, 11) is 0. The summed E-state index contributed by atoms with van der Waals surface area (Å²) in [5.74, 6) is -0.367. The van der Waals surface area contributed by atoms with Gasteiger partial charge < -0.3 is 0 Å². The van der Waals surface area contributed by atoms with E-state index in [9.17, 15) is 4.79 Å². The van der Waals surface area contributed by atoms with Crippen LogP contribution < -0.4 is 5.43 Å². The molecule has 1 N–H and O–H groups in total. The Morgan fingerprint density at radius 2 is 1.86 bits per heavy atom. The Labute approximate surface area is 180 Å². The first-order valence-corrected chi connectivity index (χ1v) is 10.1. The zero-order valence-electron chi connectivity index (χ0n) is 15.1. The predicted octanol–water partition coefficient (Wildman–Crippen LogP) is 5.28. The topological polar surface area (TPSA) is 59.3 Å². The van der Waals surface area contributed by atoms with Crippen LogP contribution >= 0.6 is 31.9 Å². The van der Waals surface area contributed by atoms with Gasteiger partial charge in [0.15, 0.2) is 5.69 Å². The van der Waals surface area contributed by atoms with E-state index in [1.165, 1.54) is 0 Å². The number of hydrazone groups is 1. The minimum atomic E-state index is -0.367. The Bertz CT molecular complexity index is 1010. The van der Waals surface area contributed by atoms with Gasteiger partial charge in [-0.2, -0.15) is 10.2 Å². The molecule has 0 aliphatic heterocycles. The summed E-state index contributed by atoms with van der Waals surface area (Å²) in [4.78, 5) is 12.4. The number of amides is 1. The second-order valence-electron chi connectivity index (χ2n) is 6.09. The maximum absolute atomic E-state index is 12.4. The number of rotatable bonds is 6. The van der Waals surface area contributed by atoms with Crippen LogP contribution in [0.5, 0.6) is 0 Å². The maximum Gasteiger partial charge on any atom is 0.293 e. The summed E-state index contributed by atoms with van der Waals surface area (Å²) >= 11 is 6.82. The van der Waals surface area contributed by atoms with E-state index < -0.39 is 0 Å². The van der Waals surface area contributed by atoms with E-state index in [0.717, 1.165) is 15.6 Å². The zero-order valence-corrected chi connectivity index (χ0v) is 18.3. The Kier molecular flexibility index (Phi) is 6.95. The molecule has 0 saturated carbocycles. The van der Waals surface area contributed by atoms with Crippen molar-refractivity contribution in [3.05, 3.63) is 92.6 Å². The largest absolute Gasteiger partial charge is 0.293 e. The summed E-state index contributed by atoms with van der Waals surface area (Å²) < 4.78 is 3.36. The Morgan fingerprint density at radius 3 is 2.57 bits per heavy atom. The lowest BCUT2D eigenvalue weighted by atomic mass is 10.2. The molecule has 0 spiro atoms. The molecule has 1 amide bonds. The van der Waals surface area contributed by atoms with Crippen LogP contribution in [0.3, 0.4) is 0 Å². The van der Waals surface area contributed by atoms with Crippen molar-refractivity contribution in [3.8, 4) is 0 Å². The van der Waals surface area contributed by atoms with Gasteiger partial charge in [-0.1, -0.05) is 64.5 Å². The molecular formula is C21H18Br2N4O. The molecule has 0 radical (unpaired) electrons. The molecule has 0 aliphatic rings. The van der Waals surface area contributed by atoms with Gasteiger partial charge in [0, 0.05) is 10.7 Å². The van der Waals surface area contributed by atoms with E-state index in [1.54, 1.807) is 10.9 Å².